The lowest BCUT2D eigenvalue weighted by Gasteiger charge is -2.27. The Kier molecular flexibility index (Phi) is 5.96. The Balaban J connectivity index is 1.35. The van der Waals surface area contributed by atoms with Gasteiger partial charge >= 0.3 is 6.09 Å². The average molecular weight is 522 g/mol. The lowest BCUT2D eigenvalue weighted by atomic mass is 9.87. The number of likely N-dealkylation sites (tertiary alicyclic amines) is 1. The molecule has 0 bridgehead atoms. The normalized spacial score (nSPS) is 20.0. The largest absolute Gasteiger partial charge is 0.488 e. The SMILES string of the molecule is COC[C@H]1C[C@@H](c2nc3c([nH]2)-c2cc4c(cc2CC3)-c2ccc(Cl)cc2CO4)N(C(=O)OC(C)(C)C)C1. The minimum absolute atomic E-state index is 0.186. The first-order valence-corrected chi connectivity index (χ1v) is 13.2. The van der Waals surface area contributed by atoms with Crippen LogP contribution in [0.4, 0.5) is 4.79 Å². The molecule has 2 aromatic carbocycles. The van der Waals surface area contributed by atoms with Crippen LogP contribution in [0.15, 0.2) is 30.3 Å². The third kappa shape index (κ3) is 4.48. The summed E-state index contributed by atoms with van der Waals surface area (Å²) in [6.45, 7) is 7.34. The van der Waals surface area contributed by atoms with Gasteiger partial charge in [0.15, 0.2) is 0 Å². The molecule has 1 amide bonds. The highest BCUT2D eigenvalue weighted by Gasteiger charge is 2.40. The summed E-state index contributed by atoms with van der Waals surface area (Å²) in [5.41, 5.74) is 7.25. The van der Waals surface area contributed by atoms with Gasteiger partial charge in [0.1, 0.15) is 23.8 Å². The van der Waals surface area contributed by atoms with Crippen molar-refractivity contribution in [1.82, 2.24) is 14.9 Å². The van der Waals surface area contributed by atoms with E-state index in [1.807, 2.05) is 32.9 Å². The van der Waals surface area contributed by atoms with Crippen LogP contribution in [0.1, 0.15) is 55.9 Å². The molecule has 0 saturated carbocycles. The molecule has 8 heteroatoms. The molecule has 0 radical (unpaired) electrons. The zero-order chi connectivity index (χ0) is 25.9. The van der Waals surface area contributed by atoms with Crippen LogP contribution in [-0.2, 0) is 28.9 Å². The summed E-state index contributed by atoms with van der Waals surface area (Å²) < 4.78 is 17.3. The first kappa shape index (κ1) is 24.3. The standard InChI is InChI=1S/C29H32ClN3O4/c1-29(2,3)37-28(34)33-13-16(14-35-4)9-24(33)27-31-23-8-5-17-11-22-20-7-6-19(30)10-18(20)15-36-25(22)12-21(17)26(23)32-27/h6-7,10-12,16,24H,5,8-9,13-15H2,1-4H3,(H,31,32)/t16-,24-/m0/s1. The van der Waals surface area contributed by atoms with Gasteiger partial charge in [-0.05, 0) is 81.0 Å². The van der Waals surface area contributed by atoms with Crippen molar-refractivity contribution < 1.29 is 19.0 Å². The zero-order valence-electron chi connectivity index (χ0n) is 21.7. The van der Waals surface area contributed by atoms with Crippen LogP contribution >= 0.6 is 11.6 Å². The molecular formula is C29H32ClN3O4. The van der Waals surface area contributed by atoms with Gasteiger partial charge in [-0.15, -0.1) is 0 Å². The number of methoxy groups -OCH3 is 1. The van der Waals surface area contributed by atoms with Crippen LogP contribution in [0.3, 0.4) is 0 Å². The highest BCUT2D eigenvalue weighted by molar-refractivity contribution is 6.30. The summed E-state index contributed by atoms with van der Waals surface area (Å²) in [4.78, 5) is 23.5. The molecule has 194 valence electrons. The molecule has 0 unspecified atom stereocenters. The van der Waals surface area contributed by atoms with Crippen LogP contribution in [-0.4, -0.2) is 46.8 Å². The number of aromatic amines is 1. The van der Waals surface area contributed by atoms with Gasteiger partial charge in [0, 0.05) is 35.7 Å². The van der Waals surface area contributed by atoms with Crippen LogP contribution < -0.4 is 4.74 Å². The van der Waals surface area contributed by atoms with Gasteiger partial charge in [-0.1, -0.05) is 17.7 Å². The van der Waals surface area contributed by atoms with Gasteiger partial charge in [0.25, 0.3) is 0 Å². The van der Waals surface area contributed by atoms with Gasteiger partial charge in [-0.25, -0.2) is 9.78 Å². The van der Waals surface area contributed by atoms with Crippen molar-refractivity contribution in [2.24, 2.45) is 5.92 Å². The number of nitrogens with one attached hydrogen (secondary N) is 1. The Morgan fingerprint density at radius 3 is 2.78 bits per heavy atom. The van der Waals surface area contributed by atoms with Crippen molar-refractivity contribution in [2.45, 2.75) is 58.3 Å². The quantitative estimate of drug-likeness (QED) is 0.435. The molecule has 1 aliphatic carbocycles. The summed E-state index contributed by atoms with van der Waals surface area (Å²) in [7, 11) is 1.70. The van der Waals surface area contributed by atoms with Crippen LogP contribution in [0.5, 0.6) is 5.75 Å². The number of carbonyl (C=O) groups excluding carboxylic acids is 1. The van der Waals surface area contributed by atoms with E-state index in [2.05, 4.69) is 23.2 Å². The van der Waals surface area contributed by atoms with E-state index in [-0.39, 0.29) is 18.1 Å². The Bertz CT molecular complexity index is 1380. The van der Waals surface area contributed by atoms with Crippen LogP contribution in [0.2, 0.25) is 5.02 Å². The summed E-state index contributed by atoms with van der Waals surface area (Å²) >= 11 is 6.21. The number of carbonyl (C=O) groups is 1. The molecule has 1 fully saturated rings. The lowest BCUT2D eigenvalue weighted by Crippen LogP contribution is -2.37. The summed E-state index contributed by atoms with van der Waals surface area (Å²) in [6.07, 6.45) is 2.20. The second-order valence-corrected chi connectivity index (χ2v) is 11.7. The molecule has 3 aliphatic rings. The Hall–Kier alpha value is -3.03. The van der Waals surface area contributed by atoms with Crippen molar-refractivity contribution in [3.8, 4) is 28.1 Å². The van der Waals surface area contributed by atoms with Gasteiger partial charge in [-0.2, -0.15) is 0 Å². The number of hydrogen-bond acceptors (Lipinski definition) is 5. The number of aromatic nitrogens is 2. The van der Waals surface area contributed by atoms with Crippen LogP contribution in [0.25, 0.3) is 22.4 Å². The molecule has 7 nitrogen and oxygen atoms in total. The Labute approximate surface area is 222 Å². The fourth-order valence-electron chi connectivity index (χ4n) is 5.80. The number of ether oxygens (including phenoxy) is 3. The van der Waals surface area contributed by atoms with Crippen molar-refractivity contribution in [3.05, 3.63) is 58.0 Å². The summed E-state index contributed by atoms with van der Waals surface area (Å²) in [5, 5.41) is 0.721. The number of benzene rings is 2. The number of halogens is 1. The van der Waals surface area contributed by atoms with Crippen LogP contribution in [0, 0.1) is 5.92 Å². The molecule has 37 heavy (non-hydrogen) atoms. The molecule has 2 aliphatic heterocycles. The van der Waals surface area contributed by atoms with E-state index in [0.717, 1.165) is 63.9 Å². The number of rotatable bonds is 3. The number of imidazole rings is 1. The van der Waals surface area contributed by atoms with Crippen molar-refractivity contribution in [3.63, 3.8) is 0 Å². The zero-order valence-corrected chi connectivity index (χ0v) is 22.4. The minimum Gasteiger partial charge on any atom is -0.488 e. The molecule has 1 aromatic heterocycles. The molecule has 3 aromatic rings. The molecule has 6 rings (SSSR count). The van der Waals surface area contributed by atoms with E-state index in [4.69, 9.17) is 30.8 Å². The fourth-order valence-corrected chi connectivity index (χ4v) is 5.99. The Morgan fingerprint density at radius 1 is 1.16 bits per heavy atom. The maximum Gasteiger partial charge on any atom is 0.410 e. The maximum absolute atomic E-state index is 13.1. The van der Waals surface area contributed by atoms with E-state index in [1.54, 1.807) is 12.0 Å². The number of fused-ring (bicyclic) bond motifs is 6. The predicted octanol–water partition coefficient (Wildman–Crippen LogP) is 6.33. The Morgan fingerprint density at radius 2 is 2.00 bits per heavy atom. The molecule has 2 atom stereocenters. The smallest absolute Gasteiger partial charge is 0.410 e. The van der Waals surface area contributed by atoms with E-state index in [9.17, 15) is 4.79 Å². The lowest BCUT2D eigenvalue weighted by molar-refractivity contribution is 0.0208. The third-order valence-corrected chi connectivity index (χ3v) is 7.61. The van der Waals surface area contributed by atoms with Gasteiger partial charge in [0.05, 0.1) is 24.0 Å². The number of hydrogen-bond donors (Lipinski definition) is 1. The molecule has 1 saturated heterocycles. The fraction of sp³-hybridized carbons (Fsp3) is 0.448. The number of aryl methyl sites for hydroxylation is 2. The highest BCUT2D eigenvalue weighted by Crippen LogP contribution is 2.45. The van der Waals surface area contributed by atoms with Gasteiger partial charge < -0.3 is 19.2 Å². The van der Waals surface area contributed by atoms with E-state index in [1.165, 1.54) is 11.1 Å². The maximum atomic E-state index is 13.1. The monoisotopic (exact) mass is 521 g/mol. The first-order valence-electron chi connectivity index (χ1n) is 12.9. The second-order valence-electron chi connectivity index (χ2n) is 11.2. The summed E-state index contributed by atoms with van der Waals surface area (Å²) in [5.74, 6) is 1.90. The molecular weight excluding hydrogens is 490 g/mol. The number of amides is 1. The first-order chi connectivity index (χ1) is 17.7. The van der Waals surface area contributed by atoms with Gasteiger partial charge in [-0.3, -0.25) is 4.90 Å². The topological polar surface area (TPSA) is 76.7 Å². The van der Waals surface area contributed by atoms with Gasteiger partial charge in [0.2, 0.25) is 0 Å². The molecule has 3 heterocycles. The van der Waals surface area contributed by atoms with Crippen molar-refractivity contribution >= 4 is 17.7 Å². The number of H-pyrrole nitrogens is 1. The molecule has 1 N–H and O–H groups in total. The van der Waals surface area contributed by atoms with E-state index >= 15 is 0 Å². The third-order valence-electron chi connectivity index (χ3n) is 7.38. The second kappa shape index (κ2) is 9.07. The highest BCUT2D eigenvalue weighted by atomic mass is 35.5. The molecule has 0 spiro atoms. The van der Waals surface area contributed by atoms with Crippen molar-refractivity contribution in [1.29, 1.82) is 0 Å². The minimum atomic E-state index is -0.564. The average Bonchev–Trinajstić information content (AvgIpc) is 3.46. The predicted molar refractivity (Wildman–Crippen MR) is 142 cm³/mol. The summed E-state index contributed by atoms with van der Waals surface area (Å²) in [6, 6.07) is 10.2. The number of nitrogens with zero attached hydrogens (tertiary/aromatic N) is 2. The van der Waals surface area contributed by atoms with E-state index < -0.39 is 5.60 Å². The van der Waals surface area contributed by atoms with Crippen molar-refractivity contribution in [2.75, 3.05) is 20.3 Å². The van der Waals surface area contributed by atoms with E-state index in [0.29, 0.717) is 19.8 Å².